The fourth-order valence-corrected chi connectivity index (χ4v) is 2.52. The Morgan fingerprint density at radius 2 is 2.20 bits per heavy atom. The van der Waals surface area contributed by atoms with Gasteiger partial charge in [-0.05, 0) is 36.8 Å². The zero-order valence-electron chi connectivity index (χ0n) is 11.3. The summed E-state index contributed by atoms with van der Waals surface area (Å²) in [5, 5.41) is 12.1. The number of benzene rings is 1. The van der Waals surface area contributed by atoms with Gasteiger partial charge in [0.05, 0.1) is 12.7 Å². The van der Waals surface area contributed by atoms with Crippen LogP contribution in [0.3, 0.4) is 0 Å². The largest absolute Gasteiger partial charge is 0.465 e. The summed E-state index contributed by atoms with van der Waals surface area (Å²) in [6.07, 6.45) is 0. The topological polar surface area (TPSA) is 62.1 Å². The zero-order chi connectivity index (χ0) is 14.5. The molecule has 0 radical (unpaired) electrons. The molecule has 0 aliphatic carbocycles. The summed E-state index contributed by atoms with van der Waals surface area (Å²) in [4.78, 5) is 13.3. The predicted octanol–water partition coefficient (Wildman–Crippen LogP) is 3.33. The molecule has 0 aliphatic heterocycles. The van der Waals surface area contributed by atoms with Crippen molar-refractivity contribution < 1.29 is 9.53 Å². The fraction of sp³-hybridized carbons (Fsp3) is 0.200. The SMILES string of the molecule is COC(=O)c1ccc(C)c(NCc2ccc(C#N)s2)c1. The van der Waals surface area contributed by atoms with Gasteiger partial charge in [-0.25, -0.2) is 4.79 Å². The number of hydrogen-bond donors (Lipinski definition) is 1. The molecule has 0 spiro atoms. The van der Waals surface area contributed by atoms with Crippen LogP contribution in [0.1, 0.15) is 25.7 Å². The van der Waals surface area contributed by atoms with Crippen LogP contribution in [-0.4, -0.2) is 13.1 Å². The van der Waals surface area contributed by atoms with Crippen LogP contribution >= 0.6 is 11.3 Å². The second-order valence-electron chi connectivity index (χ2n) is 4.25. The number of thiophene rings is 1. The monoisotopic (exact) mass is 286 g/mol. The summed E-state index contributed by atoms with van der Waals surface area (Å²) in [6.45, 7) is 2.59. The Kier molecular flexibility index (Phi) is 4.38. The molecule has 20 heavy (non-hydrogen) atoms. The van der Waals surface area contributed by atoms with Gasteiger partial charge in [-0.2, -0.15) is 5.26 Å². The van der Waals surface area contributed by atoms with Crippen LogP contribution in [-0.2, 0) is 11.3 Å². The highest BCUT2D eigenvalue weighted by Crippen LogP contribution is 2.21. The molecule has 4 nitrogen and oxygen atoms in total. The van der Waals surface area contributed by atoms with Gasteiger partial charge in [-0.1, -0.05) is 6.07 Å². The van der Waals surface area contributed by atoms with Crippen molar-refractivity contribution in [2.75, 3.05) is 12.4 Å². The Morgan fingerprint density at radius 3 is 2.85 bits per heavy atom. The second-order valence-corrected chi connectivity index (χ2v) is 5.42. The van der Waals surface area contributed by atoms with Crippen molar-refractivity contribution >= 4 is 23.0 Å². The minimum Gasteiger partial charge on any atom is -0.465 e. The Bertz CT molecular complexity index is 671. The number of hydrogen-bond acceptors (Lipinski definition) is 5. The van der Waals surface area contributed by atoms with Gasteiger partial charge >= 0.3 is 5.97 Å². The van der Waals surface area contributed by atoms with Gasteiger partial charge in [0, 0.05) is 17.1 Å². The quantitative estimate of drug-likeness (QED) is 0.876. The van der Waals surface area contributed by atoms with Gasteiger partial charge in [0.1, 0.15) is 10.9 Å². The van der Waals surface area contributed by atoms with Crippen molar-refractivity contribution in [3.8, 4) is 6.07 Å². The Morgan fingerprint density at radius 1 is 1.40 bits per heavy atom. The van der Waals surface area contributed by atoms with Gasteiger partial charge in [-0.15, -0.1) is 11.3 Å². The predicted molar refractivity (Wildman–Crippen MR) is 78.9 cm³/mol. The third kappa shape index (κ3) is 3.16. The minimum absolute atomic E-state index is 0.351. The lowest BCUT2D eigenvalue weighted by Crippen LogP contribution is -2.04. The number of esters is 1. The highest BCUT2D eigenvalue weighted by atomic mass is 32.1. The van der Waals surface area contributed by atoms with E-state index in [0.29, 0.717) is 17.0 Å². The summed E-state index contributed by atoms with van der Waals surface area (Å²) in [7, 11) is 1.37. The molecule has 0 amide bonds. The molecule has 0 fully saturated rings. The van der Waals surface area contributed by atoms with E-state index in [9.17, 15) is 4.79 Å². The summed E-state index contributed by atoms with van der Waals surface area (Å²) in [6, 6.07) is 11.2. The molecule has 0 saturated carbocycles. The number of carbonyl (C=O) groups excluding carboxylic acids is 1. The van der Waals surface area contributed by atoms with Crippen LogP contribution in [0.2, 0.25) is 0 Å². The fourth-order valence-electron chi connectivity index (χ4n) is 1.77. The molecule has 0 saturated heterocycles. The third-order valence-electron chi connectivity index (χ3n) is 2.88. The summed E-state index contributed by atoms with van der Waals surface area (Å²) in [5.41, 5.74) is 2.46. The van der Waals surface area contributed by atoms with Gasteiger partial charge in [0.2, 0.25) is 0 Å². The van der Waals surface area contributed by atoms with Crippen LogP contribution < -0.4 is 5.32 Å². The van der Waals surface area contributed by atoms with E-state index in [-0.39, 0.29) is 5.97 Å². The maximum absolute atomic E-state index is 11.5. The molecular weight excluding hydrogens is 272 g/mol. The summed E-state index contributed by atoms with van der Waals surface area (Å²) in [5.74, 6) is -0.351. The van der Waals surface area contributed by atoms with Crippen molar-refractivity contribution in [2.45, 2.75) is 13.5 Å². The van der Waals surface area contributed by atoms with Crippen LogP contribution in [0, 0.1) is 18.3 Å². The number of nitriles is 1. The average Bonchev–Trinajstić information content (AvgIpc) is 2.93. The van der Waals surface area contributed by atoms with Gasteiger partial charge in [-0.3, -0.25) is 0 Å². The molecule has 0 atom stereocenters. The van der Waals surface area contributed by atoms with Crippen molar-refractivity contribution in [1.82, 2.24) is 0 Å². The minimum atomic E-state index is -0.351. The molecule has 0 bridgehead atoms. The van der Waals surface area contributed by atoms with Crippen LogP contribution in [0.4, 0.5) is 5.69 Å². The number of rotatable bonds is 4. The van der Waals surface area contributed by atoms with Crippen LogP contribution in [0.15, 0.2) is 30.3 Å². The zero-order valence-corrected chi connectivity index (χ0v) is 12.1. The lowest BCUT2D eigenvalue weighted by molar-refractivity contribution is 0.0601. The maximum atomic E-state index is 11.5. The lowest BCUT2D eigenvalue weighted by Gasteiger charge is -2.10. The van der Waals surface area contributed by atoms with E-state index in [2.05, 4.69) is 11.4 Å². The highest BCUT2D eigenvalue weighted by molar-refractivity contribution is 7.12. The van der Waals surface area contributed by atoms with Gasteiger partial charge in [0.25, 0.3) is 0 Å². The Hall–Kier alpha value is -2.32. The van der Waals surface area contributed by atoms with Gasteiger partial charge in [0.15, 0.2) is 0 Å². The van der Waals surface area contributed by atoms with E-state index < -0.39 is 0 Å². The number of aryl methyl sites for hydroxylation is 1. The van der Waals surface area contributed by atoms with Crippen molar-refractivity contribution in [3.05, 3.63) is 51.2 Å². The molecule has 0 unspecified atom stereocenters. The van der Waals surface area contributed by atoms with E-state index >= 15 is 0 Å². The molecule has 1 N–H and O–H groups in total. The standard InChI is InChI=1S/C15H14N2O2S/c1-10-3-4-11(15(18)19-2)7-14(10)17-9-13-6-5-12(8-16)20-13/h3-7,17H,9H2,1-2H3. The molecule has 0 aliphatic rings. The van der Waals surface area contributed by atoms with Crippen molar-refractivity contribution in [2.24, 2.45) is 0 Å². The van der Waals surface area contributed by atoms with E-state index in [1.54, 1.807) is 18.2 Å². The maximum Gasteiger partial charge on any atom is 0.337 e. The average molecular weight is 286 g/mol. The van der Waals surface area contributed by atoms with Crippen molar-refractivity contribution in [3.63, 3.8) is 0 Å². The summed E-state index contributed by atoms with van der Waals surface area (Å²) >= 11 is 1.46. The van der Waals surface area contributed by atoms with E-state index in [1.165, 1.54) is 18.4 Å². The molecule has 5 heteroatoms. The number of carbonyl (C=O) groups is 1. The number of anilines is 1. The lowest BCUT2D eigenvalue weighted by atomic mass is 10.1. The van der Waals surface area contributed by atoms with Gasteiger partial charge < -0.3 is 10.1 Å². The molecule has 2 aromatic rings. The first kappa shape index (κ1) is 14.1. The van der Waals surface area contributed by atoms with E-state index in [1.807, 2.05) is 19.1 Å². The Labute approximate surface area is 121 Å². The van der Waals surface area contributed by atoms with Crippen molar-refractivity contribution in [1.29, 1.82) is 5.26 Å². The number of nitrogens with zero attached hydrogens (tertiary/aromatic N) is 1. The summed E-state index contributed by atoms with van der Waals surface area (Å²) < 4.78 is 4.71. The molecule has 102 valence electrons. The first-order valence-electron chi connectivity index (χ1n) is 6.05. The first-order chi connectivity index (χ1) is 9.63. The molecule has 1 aromatic heterocycles. The highest BCUT2D eigenvalue weighted by Gasteiger charge is 2.08. The molecule has 2 rings (SSSR count). The van der Waals surface area contributed by atoms with E-state index in [0.717, 1.165) is 16.1 Å². The molecule has 1 heterocycles. The molecule has 1 aromatic carbocycles. The number of ether oxygens (including phenoxy) is 1. The molecular formula is C15H14N2O2S. The second kappa shape index (κ2) is 6.22. The first-order valence-corrected chi connectivity index (χ1v) is 6.87. The number of methoxy groups -OCH3 is 1. The normalized spacial score (nSPS) is 9.85. The number of nitrogens with one attached hydrogen (secondary N) is 1. The van der Waals surface area contributed by atoms with Crippen LogP contribution in [0.25, 0.3) is 0 Å². The van der Waals surface area contributed by atoms with Crippen LogP contribution in [0.5, 0.6) is 0 Å². The third-order valence-corrected chi connectivity index (χ3v) is 3.87. The Balaban J connectivity index is 2.12. The van der Waals surface area contributed by atoms with E-state index in [4.69, 9.17) is 10.00 Å². The smallest absolute Gasteiger partial charge is 0.337 e.